The first-order valence-corrected chi connectivity index (χ1v) is 19.1. The maximum Gasteiger partial charge on any atom is 0.258 e. The second-order valence-electron chi connectivity index (χ2n) is 13.1. The van der Waals surface area contributed by atoms with Crippen LogP contribution in [0, 0.1) is 0 Å². The van der Waals surface area contributed by atoms with Crippen LogP contribution in [-0.2, 0) is 19.1 Å². The van der Waals surface area contributed by atoms with Crippen LogP contribution in [0.25, 0.3) is 22.0 Å². The SMILES string of the molecule is CCc1cc(C(O)(c2ccc3nc(OC)cc(-c4cccc(O[Si](C(C)C)(C(C)C)C(C)C)c4)c3c2)c2nnc(S)n2C)ccc1Cl. The first-order chi connectivity index (χ1) is 22.3. The van der Waals surface area contributed by atoms with Crippen LogP contribution in [0.1, 0.15) is 71.0 Å². The van der Waals surface area contributed by atoms with Gasteiger partial charge in [0, 0.05) is 23.5 Å². The van der Waals surface area contributed by atoms with Gasteiger partial charge in [0.15, 0.2) is 16.6 Å². The Labute approximate surface area is 289 Å². The van der Waals surface area contributed by atoms with Gasteiger partial charge in [-0.3, -0.25) is 0 Å². The Bertz CT molecular complexity index is 1890. The van der Waals surface area contributed by atoms with Crippen LogP contribution < -0.4 is 9.16 Å². The maximum absolute atomic E-state index is 12.8. The summed E-state index contributed by atoms with van der Waals surface area (Å²) in [6.45, 7) is 15.8. The van der Waals surface area contributed by atoms with Crippen LogP contribution in [0.5, 0.6) is 11.6 Å². The minimum absolute atomic E-state index is 0.335. The number of aryl methyl sites for hydroxylation is 1. The molecule has 0 amide bonds. The van der Waals surface area contributed by atoms with E-state index < -0.39 is 13.9 Å². The monoisotopic (exact) mass is 688 g/mol. The number of aromatic nitrogens is 4. The summed E-state index contributed by atoms with van der Waals surface area (Å²) in [5, 5.41) is 23.3. The van der Waals surface area contributed by atoms with Crippen LogP contribution in [0.2, 0.25) is 21.6 Å². The Morgan fingerprint density at radius 1 is 0.915 bits per heavy atom. The van der Waals surface area contributed by atoms with E-state index in [1.807, 2.05) is 55.5 Å². The van der Waals surface area contributed by atoms with Gasteiger partial charge in [-0.05, 0) is 81.2 Å². The molecule has 47 heavy (non-hydrogen) atoms. The third-order valence-corrected chi connectivity index (χ3v) is 16.3. The minimum Gasteiger partial charge on any atom is -0.543 e. The summed E-state index contributed by atoms with van der Waals surface area (Å²) < 4.78 is 14.4. The molecule has 0 aliphatic heterocycles. The third-order valence-electron chi connectivity index (χ3n) is 9.58. The van der Waals surface area contributed by atoms with E-state index in [-0.39, 0.29) is 0 Å². The van der Waals surface area contributed by atoms with Gasteiger partial charge in [-0.2, -0.15) is 0 Å². The van der Waals surface area contributed by atoms with Crippen molar-refractivity contribution in [2.75, 3.05) is 7.11 Å². The Morgan fingerprint density at radius 2 is 1.57 bits per heavy atom. The number of hydrogen-bond acceptors (Lipinski definition) is 7. The summed E-state index contributed by atoms with van der Waals surface area (Å²) >= 11 is 11.0. The zero-order valence-corrected chi connectivity index (χ0v) is 31.3. The van der Waals surface area contributed by atoms with Crippen LogP contribution in [-0.4, -0.2) is 40.3 Å². The predicted octanol–water partition coefficient (Wildman–Crippen LogP) is 9.38. The van der Waals surface area contributed by atoms with Crippen LogP contribution in [0.15, 0.2) is 71.9 Å². The molecule has 2 heterocycles. The summed E-state index contributed by atoms with van der Waals surface area (Å²) in [6.07, 6.45) is 0.706. The molecule has 5 aromatic rings. The van der Waals surface area contributed by atoms with Crippen molar-refractivity contribution in [1.82, 2.24) is 19.7 Å². The molecule has 0 spiro atoms. The van der Waals surface area contributed by atoms with Gasteiger partial charge in [-0.15, -0.1) is 22.8 Å². The number of thiol groups is 1. The van der Waals surface area contributed by atoms with Gasteiger partial charge in [0.25, 0.3) is 8.32 Å². The molecule has 10 heteroatoms. The third kappa shape index (κ3) is 6.19. The molecule has 2 aromatic heterocycles. The van der Waals surface area contributed by atoms with E-state index >= 15 is 0 Å². The number of hydrogen-bond donors (Lipinski definition) is 2. The van der Waals surface area contributed by atoms with E-state index in [0.717, 1.165) is 33.3 Å². The summed E-state index contributed by atoms with van der Waals surface area (Å²) in [7, 11) is 1.22. The number of halogens is 1. The molecule has 0 aliphatic rings. The Hall–Kier alpha value is -3.37. The molecule has 0 fully saturated rings. The van der Waals surface area contributed by atoms with Crippen LogP contribution >= 0.6 is 24.2 Å². The molecule has 248 valence electrons. The molecule has 0 aliphatic carbocycles. The maximum atomic E-state index is 12.8. The fraction of sp³-hybridized carbons (Fsp3) is 0.378. The van der Waals surface area contributed by atoms with Crippen molar-refractivity contribution in [3.8, 4) is 22.8 Å². The van der Waals surface area contributed by atoms with E-state index in [9.17, 15) is 5.11 Å². The first kappa shape index (κ1) is 34.9. The summed E-state index contributed by atoms with van der Waals surface area (Å²) in [4.78, 5) is 4.77. The molecule has 1 atom stereocenters. The quantitative estimate of drug-likeness (QED) is 0.106. The first-order valence-electron chi connectivity index (χ1n) is 16.2. The standard InChI is InChI=1S/C37H45ClN4O3SSi/c1-10-25-18-27(14-16-32(25)38)37(43,35-40-41-36(46)42(35)8)28-15-17-33-31(20-28)30(21-34(39-33)44-9)26-12-11-13-29(19-26)45-47(22(2)3,23(4)5)24(6)7/h11-24,43H,10H2,1-9H3,(H,41,46). The Morgan fingerprint density at radius 3 is 2.17 bits per heavy atom. The lowest BCUT2D eigenvalue weighted by Crippen LogP contribution is -2.50. The molecule has 0 saturated carbocycles. The van der Waals surface area contributed by atoms with Crippen molar-refractivity contribution in [2.45, 2.75) is 82.3 Å². The van der Waals surface area contributed by atoms with Gasteiger partial charge >= 0.3 is 0 Å². The molecule has 7 nitrogen and oxygen atoms in total. The molecule has 5 rings (SSSR count). The smallest absolute Gasteiger partial charge is 0.258 e. The highest BCUT2D eigenvalue weighted by Crippen LogP contribution is 2.44. The van der Waals surface area contributed by atoms with Gasteiger partial charge in [0.2, 0.25) is 5.88 Å². The Kier molecular flexibility index (Phi) is 10.1. The normalized spacial score (nSPS) is 13.5. The number of nitrogens with zero attached hydrogens (tertiary/aromatic N) is 4. The number of fused-ring (bicyclic) bond motifs is 1. The largest absolute Gasteiger partial charge is 0.543 e. The summed E-state index contributed by atoms with van der Waals surface area (Å²) in [6, 6.07) is 21.6. The zero-order chi connectivity index (χ0) is 34.3. The lowest BCUT2D eigenvalue weighted by molar-refractivity contribution is 0.111. The number of pyridine rings is 1. The average Bonchev–Trinajstić information content (AvgIpc) is 3.39. The van der Waals surface area contributed by atoms with Gasteiger partial charge in [-0.25, -0.2) is 4.98 Å². The van der Waals surface area contributed by atoms with Gasteiger partial charge in [0.1, 0.15) is 5.75 Å². The summed E-state index contributed by atoms with van der Waals surface area (Å²) in [5.41, 5.74) is 4.38. The van der Waals surface area contributed by atoms with Gasteiger partial charge in [0.05, 0.1) is 12.6 Å². The van der Waals surface area contributed by atoms with E-state index in [1.54, 1.807) is 18.7 Å². The second-order valence-corrected chi connectivity index (χ2v) is 19.3. The Balaban J connectivity index is 1.74. The van der Waals surface area contributed by atoms with E-state index in [2.05, 4.69) is 82.6 Å². The number of aliphatic hydroxyl groups is 1. The topological polar surface area (TPSA) is 82.3 Å². The molecular weight excluding hydrogens is 644 g/mol. The molecule has 0 saturated heterocycles. The lowest BCUT2D eigenvalue weighted by atomic mass is 9.83. The number of methoxy groups -OCH3 is 1. The van der Waals surface area contributed by atoms with Gasteiger partial charge < -0.3 is 18.8 Å². The number of benzene rings is 3. The fourth-order valence-corrected chi connectivity index (χ4v) is 12.8. The van der Waals surface area contributed by atoms with E-state index in [1.165, 1.54) is 0 Å². The molecule has 0 radical (unpaired) electrons. The minimum atomic E-state index is -2.19. The number of rotatable bonds is 11. The fourth-order valence-electron chi connectivity index (χ4n) is 7.19. The molecule has 3 aromatic carbocycles. The molecule has 1 N–H and O–H groups in total. The lowest BCUT2D eigenvalue weighted by Gasteiger charge is -2.42. The van der Waals surface area contributed by atoms with Crippen molar-refractivity contribution in [1.29, 1.82) is 0 Å². The van der Waals surface area contributed by atoms with E-state index in [0.29, 0.717) is 56.1 Å². The van der Waals surface area contributed by atoms with Crippen molar-refractivity contribution >= 4 is 43.5 Å². The van der Waals surface area contributed by atoms with Crippen molar-refractivity contribution < 1.29 is 14.3 Å². The van der Waals surface area contributed by atoms with Crippen molar-refractivity contribution in [2.24, 2.45) is 7.05 Å². The zero-order valence-electron chi connectivity index (χ0n) is 28.7. The van der Waals surface area contributed by atoms with Gasteiger partial charge in [-0.1, -0.05) is 90.4 Å². The van der Waals surface area contributed by atoms with Crippen molar-refractivity contribution in [3.05, 3.63) is 94.3 Å². The summed E-state index contributed by atoms with van der Waals surface area (Å²) in [5.74, 6) is 1.69. The molecule has 0 bridgehead atoms. The average molecular weight is 689 g/mol. The van der Waals surface area contributed by atoms with E-state index in [4.69, 9.17) is 25.7 Å². The van der Waals surface area contributed by atoms with Crippen LogP contribution in [0.4, 0.5) is 0 Å². The predicted molar refractivity (Wildman–Crippen MR) is 197 cm³/mol. The molecule has 1 unspecified atom stereocenters. The highest BCUT2D eigenvalue weighted by atomic mass is 35.5. The highest BCUT2D eigenvalue weighted by Gasteiger charge is 2.47. The highest BCUT2D eigenvalue weighted by molar-refractivity contribution is 7.80. The van der Waals surface area contributed by atoms with Crippen molar-refractivity contribution in [3.63, 3.8) is 0 Å². The number of ether oxygens (including phenoxy) is 1. The van der Waals surface area contributed by atoms with Crippen LogP contribution in [0.3, 0.4) is 0 Å². The molecular formula is C37H45ClN4O3SSi. The second kappa shape index (κ2) is 13.6.